The maximum absolute atomic E-state index is 6.45. The van der Waals surface area contributed by atoms with Gasteiger partial charge < -0.3 is 13.4 Å². The summed E-state index contributed by atoms with van der Waals surface area (Å²) in [6.45, 7) is 0. The van der Waals surface area contributed by atoms with E-state index in [0.717, 1.165) is 94.0 Å². The molecule has 0 radical (unpaired) electrons. The number of fused-ring (bicyclic) bond motifs is 13. The van der Waals surface area contributed by atoms with Crippen LogP contribution < -0.4 is 0 Å². The van der Waals surface area contributed by atoms with Crippen LogP contribution in [-0.2, 0) is 0 Å². The second kappa shape index (κ2) is 16.7. The molecule has 0 N–H and O–H groups in total. The largest absolute Gasteiger partial charge is 0.456 e. The van der Waals surface area contributed by atoms with Gasteiger partial charge in [-0.05, 0) is 93.5 Å². The first-order valence-corrected chi connectivity index (χ1v) is 25.8. The molecule has 6 heteroatoms. The first-order valence-electron chi connectivity index (χ1n) is 25.8. The summed E-state index contributed by atoms with van der Waals surface area (Å²) in [6.07, 6.45) is 0. The average Bonchev–Trinajstić information content (AvgIpc) is 4.39. The van der Waals surface area contributed by atoms with Crippen molar-refractivity contribution in [3.8, 4) is 73.2 Å². The van der Waals surface area contributed by atoms with Crippen LogP contribution in [0.2, 0.25) is 0 Å². The van der Waals surface area contributed by atoms with Crippen molar-refractivity contribution in [2.75, 3.05) is 0 Å². The average molecular weight is 971 g/mol. The van der Waals surface area contributed by atoms with E-state index < -0.39 is 0 Å². The summed E-state index contributed by atoms with van der Waals surface area (Å²) < 4.78 is 15.5. The molecule has 1 aliphatic carbocycles. The van der Waals surface area contributed by atoms with E-state index in [-0.39, 0.29) is 5.92 Å². The summed E-state index contributed by atoms with van der Waals surface area (Å²) >= 11 is 0. The molecule has 11 aromatic carbocycles. The molecule has 0 saturated carbocycles. The molecular formula is C70H42N4O2. The highest BCUT2D eigenvalue weighted by Gasteiger charge is 2.35. The van der Waals surface area contributed by atoms with Crippen molar-refractivity contribution < 1.29 is 8.83 Å². The number of furan rings is 2. The first kappa shape index (κ1) is 42.3. The lowest BCUT2D eigenvalue weighted by Crippen LogP contribution is -2.06. The van der Waals surface area contributed by atoms with Crippen molar-refractivity contribution in [1.82, 2.24) is 19.5 Å². The number of benzene rings is 11. The molecule has 0 spiro atoms. The smallest absolute Gasteiger partial charge is 0.164 e. The molecule has 16 rings (SSSR count). The molecule has 0 amide bonds. The van der Waals surface area contributed by atoms with Crippen molar-refractivity contribution in [3.63, 3.8) is 0 Å². The SMILES string of the molecule is c1ccc(-c2cc(-c3nc(-c4ccc5c(c4)oc4ccccc45)nc(-c4ccc5c(c4)oc4ccccc45)n3)cc(-c3ccccc3)c2-n2c3ccccc3c3ccc4c(c32)C(c2ccccc2)c2ccccc2-4)cc1. The number of hydrogen-bond acceptors (Lipinski definition) is 5. The molecule has 6 nitrogen and oxygen atoms in total. The molecule has 15 aromatic rings. The zero-order valence-electron chi connectivity index (χ0n) is 40.9. The van der Waals surface area contributed by atoms with Crippen LogP contribution >= 0.6 is 0 Å². The minimum atomic E-state index is 0.0124. The van der Waals surface area contributed by atoms with E-state index in [2.05, 4.69) is 217 Å². The van der Waals surface area contributed by atoms with Gasteiger partial charge in [-0.15, -0.1) is 0 Å². The van der Waals surface area contributed by atoms with Gasteiger partial charge in [-0.25, -0.2) is 15.0 Å². The Morgan fingerprint density at radius 1 is 0.316 bits per heavy atom. The quantitative estimate of drug-likeness (QED) is 0.159. The fourth-order valence-corrected chi connectivity index (χ4v) is 12.2. The van der Waals surface area contributed by atoms with Crippen LogP contribution in [0.3, 0.4) is 0 Å². The van der Waals surface area contributed by atoms with E-state index in [4.69, 9.17) is 23.8 Å². The summed E-state index contributed by atoms with van der Waals surface area (Å²) in [4.78, 5) is 16.2. The summed E-state index contributed by atoms with van der Waals surface area (Å²) in [6, 6.07) is 88.4. The fourth-order valence-electron chi connectivity index (χ4n) is 12.2. The summed E-state index contributed by atoms with van der Waals surface area (Å²) in [5.41, 5.74) is 19.7. The van der Waals surface area contributed by atoms with Crippen LogP contribution in [0.1, 0.15) is 22.6 Å². The highest BCUT2D eigenvalue weighted by molar-refractivity contribution is 6.14. The van der Waals surface area contributed by atoms with Gasteiger partial charge in [0.15, 0.2) is 17.5 Å². The molecule has 1 aliphatic rings. The van der Waals surface area contributed by atoms with E-state index in [1.807, 2.05) is 36.4 Å². The molecule has 0 saturated heterocycles. The summed E-state index contributed by atoms with van der Waals surface area (Å²) in [7, 11) is 0. The normalized spacial score (nSPS) is 13.1. The molecule has 354 valence electrons. The van der Waals surface area contributed by atoms with Crippen LogP contribution in [0, 0.1) is 0 Å². The van der Waals surface area contributed by atoms with Gasteiger partial charge in [-0.1, -0.05) is 194 Å². The molecule has 0 aliphatic heterocycles. The number of para-hydroxylation sites is 3. The Morgan fingerprint density at radius 3 is 1.39 bits per heavy atom. The van der Waals surface area contributed by atoms with Gasteiger partial charge in [0.25, 0.3) is 0 Å². The van der Waals surface area contributed by atoms with Crippen LogP contribution in [0.25, 0.3) is 139 Å². The maximum Gasteiger partial charge on any atom is 0.164 e. The molecule has 1 atom stereocenters. The Kier molecular flexibility index (Phi) is 9.30. The van der Waals surface area contributed by atoms with Gasteiger partial charge in [-0.2, -0.15) is 0 Å². The van der Waals surface area contributed by atoms with E-state index in [9.17, 15) is 0 Å². The standard InChI is InChI=1S/C70H42N4O2/c1-4-18-42(19-5-1)57-38-47(70-72-68(45-32-34-52-50-26-13-16-30-60(50)75-62(52)40-45)71-69(73-70)46-33-35-53-51-27-14-17-31-61(51)76-63(53)41-46)39-58(43-20-6-2-7-21-43)66(57)74-59-29-15-12-25-49(59)56-37-36-55-48-24-10-11-28-54(48)64(65(55)67(56)74)44-22-8-3-9-23-44/h1-41,64H. The van der Waals surface area contributed by atoms with Gasteiger partial charge in [0.2, 0.25) is 0 Å². The highest BCUT2D eigenvalue weighted by Crippen LogP contribution is 2.54. The van der Waals surface area contributed by atoms with Crippen LogP contribution in [0.5, 0.6) is 0 Å². The molecular weight excluding hydrogens is 929 g/mol. The Bertz CT molecular complexity index is 4630. The molecule has 1 unspecified atom stereocenters. The number of hydrogen-bond donors (Lipinski definition) is 0. The van der Waals surface area contributed by atoms with Crippen molar-refractivity contribution in [3.05, 3.63) is 265 Å². The third-order valence-corrected chi connectivity index (χ3v) is 15.5. The lowest BCUT2D eigenvalue weighted by atomic mass is 9.88. The Labute approximate surface area is 436 Å². The minimum Gasteiger partial charge on any atom is -0.456 e. The summed E-state index contributed by atoms with van der Waals surface area (Å²) in [5, 5.41) is 6.61. The third-order valence-electron chi connectivity index (χ3n) is 15.5. The topological polar surface area (TPSA) is 69.9 Å². The van der Waals surface area contributed by atoms with E-state index in [1.165, 1.54) is 44.1 Å². The van der Waals surface area contributed by atoms with Crippen LogP contribution in [0.15, 0.2) is 258 Å². The van der Waals surface area contributed by atoms with Crippen molar-refractivity contribution in [2.45, 2.75) is 5.92 Å². The van der Waals surface area contributed by atoms with Crippen molar-refractivity contribution in [2.24, 2.45) is 0 Å². The Balaban J connectivity index is 0.997. The Morgan fingerprint density at radius 2 is 0.789 bits per heavy atom. The Hall–Kier alpha value is -10.2. The minimum absolute atomic E-state index is 0.0124. The number of nitrogens with zero attached hydrogens (tertiary/aromatic N) is 4. The zero-order chi connectivity index (χ0) is 49.8. The molecule has 4 heterocycles. The molecule has 0 bridgehead atoms. The first-order chi connectivity index (χ1) is 37.7. The van der Waals surface area contributed by atoms with Gasteiger partial charge in [0, 0.05) is 66.1 Å². The lowest BCUT2D eigenvalue weighted by molar-refractivity contribution is 0.668. The molecule has 4 aromatic heterocycles. The van der Waals surface area contributed by atoms with Gasteiger partial charge >= 0.3 is 0 Å². The van der Waals surface area contributed by atoms with Crippen molar-refractivity contribution >= 4 is 65.7 Å². The monoisotopic (exact) mass is 970 g/mol. The van der Waals surface area contributed by atoms with Gasteiger partial charge in [0.05, 0.1) is 16.7 Å². The second-order valence-corrected chi connectivity index (χ2v) is 19.8. The zero-order valence-corrected chi connectivity index (χ0v) is 40.9. The van der Waals surface area contributed by atoms with Crippen molar-refractivity contribution in [1.29, 1.82) is 0 Å². The van der Waals surface area contributed by atoms with Gasteiger partial charge in [-0.3, -0.25) is 0 Å². The van der Waals surface area contributed by atoms with Gasteiger partial charge in [0.1, 0.15) is 22.3 Å². The maximum atomic E-state index is 6.45. The number of rotatable bonds is 7. The predicted molar refractivity (Wildman–Crippen MR) is 309 cm³/mol. The highest BCUT2D eigenvalue weighted by atomic mass is 16.3. The van der Waals surface area contributed by atoms with Crippen LogP contribution in [-0.4, -0.2) is 19.5 Å². The lowest BCUT2D eigenvalue weighted by Gasteiger charge is -2.23. The molecule has 0 fully saturated rings. The van der Waals surface area contributed by atoms with Crippen LogP contribution in [0.4, 0.5) is 0 Å². The van der Waals surface area contributed by atoms with E-state index >= 15 is 0 Å². The third kappa shape index (κ3) is 6.50. The fraction of sp³-hybridized carbons (Fsp3) is 0.0143. The summed E-state index contributed by atoms with van der Waals surface area (Å²) in [5.74, 6) is 1.61. The van der Waals surface area contributed by atoms with E-state index in [1.54, 1.807) is 0 Å². The predicted octanol–water partition coefficient (Wildman–Crippen LogP) is 18.3. The van der Waals surface area contributed by atoms with E-state index in [0.29, 0.717) is 17.5 Å². The number of aromatic nitrogens is 4. The second-order valence-electron chi connectivity index (χ2n) is 19.8. The molecule has 76 heavy (non-hydrogen) atoms.